The highest BCUT2D eigenvalue weighted by Crippen LogP contribution is 2.13. The predicted octanol–water partition coefficient (Wildman–Crippen LogP) is 3.81. The maximum atomic E-state index is 13.4. The topological polar surface area (TPSA) is 232 Å². The zero-order chi connectivity index (χ0) is 49.1. The van der Waals surface area contributed by atoms with Crippen LogP contribution in [0.5, 0.6) is 0 Å². The number of benzene rings is 1. The molecule has 3 amide bonds. The molecule has 0 unspecified atom stereocenters. The van der Waals surface area contributed by atoms with Crippen LogP contribution in [-0.2, 0) is 65.7 Å². The van der Waals surface area contributed by atoms with Gasteiger partial charge >= 0.3 is 30.0 Å². The third-order valence-electron chi connectivity index (χ3n) is 8.15. The summed E-state index contributed by atoms with van der Waals surface area (Å²) in [6, 6.07) is 6.25. The molecule has 0 aliphatic heterocycles. The molecule has 1 atom stereocenters. The molecule has 1 aromatic carbocycles. The number of carboxylic acid groups (broad SMARTS) is 1. The molecule has 0 aliphatic rings. The molecule has 364 valence electrons. The van der Waals surface area contributed by atoms with Crippen molar-refractivity contribution in [1.82, 2.24) is 30.8 Å². The standard InChI is InChI=1S/C45H76N6O13/c1-31(2)23-34(47-41(59)64-45(12,13)14)40(58)48-60-30-33-17-15-32(16-18-33)24-46-35(52)25-49(19-21-50(26-36(53)54)27-37(55)61-42(3,4)5)20-22-51(28-38(56)62-43(6,7)8)29-39(57)63-44(9,10)11/h15-18,31,34H,19-30H2,1-14H3,(H,46,52)(H,47,59)(H,48,58)(H,53,54)/t34-/m1/s1. The van der Waals surface area contributed by atoms with Gasteiger partial charge in [-0.3, -0.25) is 48.3 Å². The summed E-state index contributed by atoms with van der Waals surface area (Å²) < 4.78 is 21.7. The number of esters is 3. The Hall–Kier alpha value is -4.85. The van der Waals surface area contributed by atoms with Gasteiger partial charge in [0.05, 0.1) is 39.3 Å². The van der Waals surface area contributed by atoms with E-state index in [2.05, 4.69) is 16.1 Å². The van der Waals surface area contributed by atoms with E-state index in [1.807, 2.05) is 13.8 Å². The summed E-state index contributed by atoms with van der Waals surface area (Å²) in [7, 11) is 0. The molecule has 1 aromatic rings. The van der Waals surface area contributed by atoms with Crippen molar-refractivity contribution < 1.29 is 62.5 Å². The molecule has 4 N–H and O–H groups in total. The van der Waals surface area contributed by atoms with E-state index in [1.165, 1.54) is 4.90 Å². The van der Waals surface area contributed by atoms with E-state index < -0.39 is 70.9 Å². The fourth-order valence-corrected chi connectivity index (χ4v) is 5.75. The minimum absolute atomic E-state index is 0.0277. The van der Waals surface area contributed by atoms with Crippen molar-refractivity contribution in [2.24, 2.45) is 5.92 Å². The van der Waals surface area contributed by atoms with Gasteiger partial charge in [-0.1, -0.05) is 38.1 Å². The average Bonchev–Trinajstić information content (AvgIpc) is 3.08. The van der Waals surface area contributed by atoms with Crippen molar-refractivity contribution in [3.8, 4) is 0 Å². The molecule has 0 saturated carbocycles. The average molecular weight is 909 g/mol. The molecular formula is C45H76N6O13. The molecule has 0 radical (unpaired) electrons. The molecule has 19 heteroatoms. The number of amides is 3. The van der Waals surface area contributed by atoms with Gasteiger partial charge in [0.15, 0.2) is 0 Å². The van der Waals surface area contributed by atoms with Gasteiger partial charge in [-0.05, 0) is 107 Å². The van der Waals surface area contributed by atoms with E-state index in [9.17, 15) is 38.7 Å². The first-order valence-electron chi connectivity index (χ1n) is 21.6. The van der Waals surface area contributed by atoms with Crippen molar-refractivity contribution in [3.63, 3.8) is 0 Å². The Morgan fingerprint density at radius 2 is 0.984 bits per heavy atom. The van der Waals surface area contributed by atoms with E-state index in [0.717, 1.165) is 11.1 Å². The van der Waals surface area contributed by atoms with Crippen LogP contribution in [0.25, 0.3) is 0 Å². The van der Waals surface area contributed by atoms with Crippen molar-refractivity contribution in [2.45, 2.75) is 145 Å². The zero-order valence-electron chi connectivity index (χ0n) is 40.6. The lowest BCUT2D eigenvalue weighted by Crippen LogP contribution is -2.48. The number of nitrogens with zero attached hydrogens (tertiary/aromatic N) is 3. The second-order valence-electron chi connectivity index (χ2n) is 20.0. The third kappa shape index (κ3) is 29.5. The number of carbonyl (C=O) groups is 7. The number of rotatable bonds is 25. The van der Waals surface area contributed by atoms with Crippen molar-refractivity contribution >= 4 is 41.8 Å². The van der Waals surface area contributed by atoms with Gasteiger partial charge in [0.2, 0.25) is 5.91 Å². The van der Waals surface area contributed by atoms with E-state index in [1.54, 1.807) is 117 Å². The number of nitrogens with one attached hydrogen (secondary N) is 3. The smallest absolute Gasteiger partial charge is 0.408 e. The summed E-state index contributed by atoms with van der Waals surface area (Å²) in [6.45, 7) is 23.8. The van der Waals surface area contributed by atoms with Crippen LogP contribution in [0.2, 0.25) is 0 Å². The number of aliphatic carboxylic acids is 1. The summed E-state index contributed by atoms with van der Waals surface area (Å²) in [4.78, 5) is 99.0. The monoisotopic (exact) mass is 909 g/mol. The van der Waals surface area contributed by atoms with Crippen LogP contribution < -0.4 is 16.1 Å². The molecule has 0 bridgehead atoms. The Bertz CT molecular complexity index is 1650. The quantitative estimate of drug-likeness (QED) is 0.0621. The molecule has 19 nitrogen and oxygen atoms in total. The highest BCUT2D eigenvalue weighted by molar-refractivity contribution is 5.85. The molecule has 0 aromatic heterocycles. The second-order valence-corrected chi connectivity index (χ2v) is 20.0. The fourth-order valence-electron chi connectivity index (χ4n) is 5.75. The highest BCUT2D eigenvalue weighted by atomic mass is 16.7. The van der Waals surface area contributed by atoms with Crippen LogP contribution in [0.3, 0.4) is 0 Å². The van der Waals surface area contributed by atoms with Gasteiger partial charge < -0.3 is 34.7 Å². The molecule has 64 heavy (non-hydrogen) atoms. The number of alkyl carbamates (subject to hydrolysis) is 1. The largest absolute Gasteiger partial charge is 0.480 e. The van der Waals surface area contributed by atoms with Gasteiger partial charge in [0, 0.05) is 32.7 Å². The lowest BCUT2D eigenvalue weighted by molar-refractivity contribution is -0.160. The first-order valence-corrected chi connectivity index (χ1v) is 21.6. The lowest BCUT2D eigenvalue weighted by Gasteiger charge is -2.30. The maximum absolute atomic E-state index is 13.4. The Balaban J connectivity index is 3.09. The molecule has 0 heterocycles. The summed E-state index contributed by atoms with van der Waals surface area (Å²) in [5.41, 5.74) is 0.831. The highest BCUT2D eigenvalue weighted by Gasteiger charge is 2.27. The lowest BCUT2D eigenvalue weighted by atomic mass is 10.0. The van der Waals surface area contributed by atoms with Crippen molar-refractivity contribution in [3.05, 3.63) is 35.4 Å². The van der Waals surface area contributed by atoms with Gasteiger partial charge in [-0.25, -0.2) is 10.3 Å². The van der Waals surface area contributed by atoms with Crippen LogP contribution in [0.1, 0.15) is 114 Å². The Morgan fingerprint density at radius 3 is 1.39 bits per heavy atom. The molecule has 0 aliphatic carbocycles. The van der Waals surface area contributed by atoms with E-state index in [4.69, 9.17) is 23.8 Å². The number of hydrogen-bond acceptors (Lipinski definition) is 15. The third-order valence-corrected chi connectivity index (χ3v) is 8.15. The Morgan fingerprint density at radius 1 is 0.578 bits per heavy atom. The van der Waals surface area contributed by atoms with Crippen LogP contribution in [0, 0.1) is 5.92 Å². The van der Waals surface area contributed by atoms with Gasteiger partial charge in [-0.15, -0.1) is 0 Å². The number of ether oxygens (including phenoxy) is 4. The van der Waals surface area contributed by atoms with Crippen LogP contribution >= 0.6 is 0 Å². The minimum atomic E-state index is -1.15. The molecule has 1 rings (SSSR count). The summed E-state index contributed by atoms with van der Waals surface area (Å²) >= 11 is 0. The summed E-state index contributed by atoms with van der Waals surface area (Å²) in [5, 5.41) is 15.1. The Kier molecular flexibility index (Phi) is 23.4. The molecular weight excluding hydrogens is 833 g/mol. The second kappa shape index (κ2) is 26.2. The molecule has 0 spiro atoms. The first kappa shape index (κ1) is 57.2. The van der Waals surface area contributed by atoms with E-state index in [0.29, 0.717) is 6.42 Å². The SMILES string of the molecule is CC(C)C[C@@H](NC(=O)OC(C)(C)C)C(=O)NOCc1ccc(CNC(=O)CN(CCN(CC(=O)O)CC(=O)OC(C)(C)C)CCN(CC(=O)OC(C)(C)C)CC(=O)OC(C)(C)C)cc1. The summed E-state index contributed by atoms with van der Waals surface area (Å²) in [5.74, 6) is -3.67. The number of hydrogen-bond donors (Lipinski definition) is 4. The van der Waals surface area contributed by atoms with E-state index in [-0.39, 0.29) is 77.3 Å². The predicted molar refractivity (Wildman–Crippen MR) is 238 cm³/mol. The molecule has 0 fully saturated rings. The van der Waals surface area contributed by atoms with Crippen LogP contribution in [0.4, 0.5) is 4.79 Å². The van der Waals surface area contributed by atoms with Gasteiger partial charge in [-0.2, -0.15) is 0 Å². The van der Waals surface area contributed by atoms with E-state index >= 15 is 0 Å². The maximum Gasteiger partial charge on any atom is 0.408 e. The number of carboxylic acids is 1. The number of carbonyl (C=O) groups excluding carboxylic acids is 6. The van der Waals surface area contributed by atoms with Crippen molar-refractivity contribution in [2.75, 3.05) is 58.9 Å². The number of hydroxylamine groups is 1. The van der Waals surface area contributed by atoms with Crippen molar-refractivity contribution in [1.29, 1.82) is 0 Å². The van der Waals surface area contributed by atoms with Gasteiger partial charge in [0.1, 0.15) is 28.4 Å². The normalized spacial score (nSPS) is 12.8. The van der Waals surface area contributed by atoms with Crippen LogP contribution in [0.15, 0.2) is 24.3 Å². The van der Waals surface area contributed by atoms with Gasteiger partial charge in [0.25, 0.3) is 5.91 Å². The fraction of sp³-hybridized carbons (Fsp3) is 0.711. The summed E-state index contributed by atoms with van der Waals surface area (Å²) in [6.07, 6.45) is -0.344. The Labute approximate surface area is 379 Å². The molecule has 0 saturated heterocycles. The van der Waals surface area contributed by atoms with Crippen LogP contribution in [-0.4, -0.2) is 149 Å². The zero-order valence-corrected chi connectivity index (χ0v) is 40.6. The first-order chi connectivity index (χ1) is 29.3. The minimum Gasteiger partial charge on any atom is -0.480 e.